The minimum absolute atomic E-state index is 0.134. The standard InChI is InChI=1S/C18H20N6S.C11H13NO2.C2H6/c1-2-4-14-13(3-1)18(23-22-14)20-15-11-16(24-7-9-25-10-8-24)21-17(19-15)12-5-6-12;1-14-10-6-4-9(5-7-10)12-11(13)8-2-3-8;1-2/h1-4,11-12H,5-10H2,(H2,19,20,21,22,23);4-8H,2-3H2,1H3,(H,12,13);1-2H3. The molecule has 1 amide bonds. The lowest BCUT2D eigenvalue weighted by Crippen LogP contribution is -2.33. The van der Waals surface area contributed by atoms with E-state index >= 15 is 0 Å². The normalized spacial score (nSPS) is 16.1. The van der Waals surface area contributed by atoms with E-state index in [0.717, 1.165) is 83.1 Å². The van der Waals surface area contributed by atoms with Gasteiger partial charge in [0, 0.05) is 53.6 Å². The fraction of sp³-hybridized carbons (Fsp3) is 0.419. The molecule has 9 nitrogen and oxygen atoms in total. The number of ether oxygens (including phenoxy) is 1. The second-order valence-electron chi connectivity index (χ2n) is 10.1. The van der Waals surface area contributed by atoms with Crippen LogP contribution in [-0.4, -0.2) is 57.8 Å². The Labute approximate surface area is 245 Å². The van der Waals surface area contributed by atoms with E-state index in [4.69, 9.17) is 14.7 Å². The maximum Gasteiger partial charge on any atom is 0.227 e. The third kappa shape index (κ3) is 7.70. The number of anilines is 4. The lowest BCUT2D eigenvalue weighted by Gasteiger charge is -2.28. The average Bonchev–Trinajstić information content (AvgIpc) is 3.97. The van der Waals surface area contributed by atoms with Crippen molar-refractivity contribution in [2.45, 2.75) is 45.4 Å². The summed E-state index contributed by atoms with van der Waals surface area (Å²) in [4.78, 5) is 23.4. The second kappa shape index (κ2) is 13.7. The predicted octanol–water partition coefficient (Wildman–Crippen LogP) is 6.60. The molecule has 4 aromatic rings. The Morgan fingerprint density at radius 1 is 1.00 bits per heavy atom. The zero-order valence-corrected chi connectivity index (χ0v) is 24.8. The maximum absolute atomic E-state index is 11.4. The third-order valence-corrected chi connectivity index (χ3v) is 7.97. The number of nitrogens with one attached hydrogen (secondary N) is 3. The number of fused-ring (bicyclic) bond motifs is 1. The summed E-state index contributed by atoms with van der Waals surface area (Å²) in [6.45, 7) is 6.10. The molecule has 1 aliphatic heterocycles. The molecule has 216 valence electrons. The van der Waals surface area contributed by atoms with Crippen LogP contribution in [0.4, 0.5) is 23.1 Å². The van der Waals surface area contributed by atoms with Gasteiger partial charge in [-0.25, -0.2) is 9.97 Å². The number of aromatic nitrogens is 4. The molecule has 0 atom stereocenters. The van der Waals surface area contributed by atoms with Crippen molar-refractivity contribution in [2.75, 3.05) is 47.2 Å². The summed E-state index contributed by atoms with van der Waals surface area (Å²) in [5.74, 6) is 7.69. The fourth-order valence-electron chi connectivity index (χ4n) is 4.44. The van der Waals surface area contributed by atoms with Gasteiger partial charge in [-0.2, -0.15) is 16.9 Å². The molecule has 2 aromatic heterocycles. The highest BCUT2D eigenvalue weighted by atomic mass is 32.2. The van der Waals surface area contributed by atoms with Crippen molar-refractivity contribution in [3.05, 3.63) is 60.4 Å². The fourth-order valence-corrected chi connectivity index (χ4v) is 5.34. The number of aromatic amines is 1. The molecule has 7 rings (SSSR count). The summed E-state index contributed by atoms with van der Waals surface area (Å²) in [5, 5.41) is 14.8. The number of thioether (sulfide) groups is 1. The van der Waals surface area contributed by atoms with Crippen LogP contribution in [0.15, 0.2) is 54.6 Å². The number of rotatable bonds is 7. The van der Waals surface area contributed by atoms with Gasteiger partial charge < -0.3 is 20.3 Å². The Morgan fingerprint density at radius 2 is 1.73 bits per heavy atom. The van der Waals surface area contributed by atoms with Crippen LogP contribution in [0, 0.1) is 5.92 Å². The van der Waals surface area contributed by atoms with Crippen LogP contribution in [0.5, 0.6) is 5.75 Å². The van der Waals surface area contributed by atoms with E-state index in [0.29, 0.717) is 5.92 Å². The number of methoxy groups -OCH3 is 1. The van der Waals surface area contributed by atoms with E-state index in [1.54, 1.807) is 7.11 Å². The summed E-state index contributed by atoms with van der Waals surface area (Å²) in [7, 11) is 1.62. The van der Waals surface area contributed by atoms with Gasteiger partial charge in [0.05, 0.1) is 12.6 Å². The smallest absolute Gasteiger partial charge is 0.227 e. The summed E-state index contributed by atoms with van der Waals surface area (Å²) < 4.78 is 5.02. The van der Waals surface area contributed by atoms with Crippen LogP contribution in [-0.2, 0) is 4.79 Å². The van der Waals surface area contributed by atoms with Gasteiger partial charge in [-0.15, -0.1) is 0 Å². The molecule has 3 heterocycles. The summed E-state index contributed by atoms with van der Waals surface area (Å²) >= 11 is 2.01. The number of benzene rings is 2. The van der Waals surface area contributed by atoms with Gasteiger partial charge in [0.15, 0.2) is 5.82 Å². The first-order chi connectivity index (χ1) is 20.2. The van der Waals surface area contributed by atoms with E-state index < -0.39 is 0 Å². The first kappa shape index (κ1) is 28.7. The quantitative estimate of drug-likeness (QED) is 0.227. The van der Waals surface area contributed by atoms with E-state index in [9.17, 15) is 4.79 Å². The van der Waals surface area contributed by atoms with Crippen molar-refractivity contribution in [1.29, 1.82) is 0 Å². The summed E-state index contributed by atoms with van der Waals surface area (Å²) in [6.07, 6.45) is 4.46. The van der Waals surface area contributed by atoms with Gasteiger partial charge in [0.2, 0.25) is 5.91 Å². The first-order valence-electron chi connectivity index (χ1n) is 14.5. The Balaban J connectivity index is 0.000000180. The Kier molecular flexibility index (Phi) is 9.61. The minimum atomic E-state index is 0.134. The Bertz CT molecular complexity index is 1430. The van der Waals surface area contributed by atoms with Gasteiger partial charge in [0.25, 0.3) is 0 Å². The van der Waals surface area contributed by atoms with E-state index in [1.165, 1.54) is 12.8 Å². The SMILES string of the molecule is CC.COc1ccc(NC(=O)C2CC2)cc1.c1ccc2c(Nc3cc(N4CCSCC4)nc(C4CC4)n3)n[nH]c2c1. The molecule has 1 saturated heterocycles. The van der Waals surface area contributed by atoms with Crippen molar-refractivity contribution < 1.29 is 9.53 Å². The number of carbonyl (C=O) groups excluding carboxylic acids is 1. The molecule has 0 radical (unpaired) electrons. The average molecular weight is 574 g/mol. The van der Waals surface area contributed by atoms with E-state index in [2.05, 4.69) is 37.9 Å². The second-order valence-corrected chi connectivity index (χ2v) is 11.3. The lowest BCUT2D eigenvalue weighted by molar-refractivity contribution is -0.117. The molecule has 0 spiro atoms. The van der Waals surface area contributed by atoms with Gasteiger partial charge >= 0.3 is 0 Å². The molecule has 2 aliphatic carbocycles. The predicted molar refractivity (Wildman–Crippen MR) is 169 cm³/mol. The number of para-hydroxylation sites is 1. The number of carbonyl (C=O) groups is 1. The van der Waals surface area contributed by atoms with Gasteiger partial charge in [-0.1, -0.05) is 26.0 Å². The summed E-state index contributed by atoms with van der Waals surface area (Å²) in [5.41, 5.74) is 1.86. The molecule has 2 saturated carbocycles. The van der Waals surface area contributed by atoms with Crippen LogP contribution in [0.3, 0.4) is 0 Å². The van der Waals surface area contributed by atoms with Crippen molar-refractivity contribution in [3.63, 3.8) is 0 Å². The van der Waals surface area contributed by atoms with Crippen LogP contribution in [0.1, 0.15) is 51.3 Å². The van der Waals surface area contributed by atoms with Crippen LogP contribution in [0.2, 0.25) is 0 Å². The van der Waals surface area contributed by atoms with Crippen molar-refractivity contribution >= 4 is 51.7 Å². The molecule has 41 heavy (non-hydrogen) atoms. The molecule has 0 unspecified atom stereocenters. The molecule has 3 fully saturated rings. The van der Waals surface area contributed by atoms with Crippen molar-refractivity contribution in [2.24, 2.45) is 5.92 Å². The monoisotopic (exact) mass is 573 g/mol. The van der Waals surface area contributed by atoms with Gasteiger partial charge in [0.1, 0.15) is 23.2 Å². The molecule has 2 aromatic carbocycles. The molecule has 0 bridgehead atoms. The molecule has 10 heteroatoms. The minimum Gasteiger partial charge on any atom is -0.497 e. The molecule has 3 N–H and O–H groups in total. The Morgan fingerprint density at radius 3 is 2.41 bits per heavy atom. The summed E-state index contributed by atoms with van der Waals surface area (Å²) in [6, 6.07) is 17.5. The number of nitrogens with zero attached hydrogens (tertiary/aromatic N) is 4. The Hall–Kier alpha value is -3.79. The first-order valence-corrected chi connectivity index (χ1v) is 15.7. The topological polar surface area (TPSA) is 108 Å². The number of hydrogen-bond donors (Lipinski definition) is 3. The van der Waals surface area contributed by atoms with Crippen LogP contribution < -0.4 is 20.3 Å². The van der Waals surface area contributed by atoms with E-state index in [-0.39, 0.29) is 11.8 Å². The highest BCUT2D eigenvalue weighted by Gasteiger charge is 2.30. The largest absolute Gasteiger partial charge is 0.497 e. The number of hydrogen-bond acceptors (Lipinski definition) is 8. The maximum atomic E-state index is 11.4. The molecule has 3 aliphatic rings. The third-order valence-electron chi connectivity index (χ3n) is 7.03. The number of H-pyrrole nitrogens is 1. The molecular formula is C31H39N7O2S. The van der Waals surface area contributed by atoms with Crippen LogP contribution >= 0.6 is 11.8 Å². The highest BCUT2D eigenvalue weighted by Crippen LogP contribution is 2.39. The van der Waals surface area contributed by atoms with Crippen molar-refractivity contribution in [3.8, 4) is 5.75 Å². The van der Waals surface area contributed by atoms with Crippen molar-refractivity contribution in [1.82, 2.24) is 20.2 Å². The highest BCUT2D eigenvalue weighted by molar-refractivity contribution is 7.99. The lowest BCUT2D eigenvalue weighted by atomic mass is 10.2. The van der Waals surface area contributed by atoms with Gasteiger partial charge in [-0.3, -0.25) is 9.89 Å². The number of amides is 1. The van der Waals surface area contributed by atoms with E-state index in [1.807, 2.05) is 68.1 Å². The molecular weight excluding hydrogens is 534 g/mol. The zero-order valence-electron chi connectivity index (χ0n) is 24.0. The van der Waals surface area contributed by atoms with Crippen LogP contribution in [0.25, 0.3) is 10.9 Å². The zero-order chi connectivity index (χ0) is 28.6. The van der Waals surface area contributed by atoms with Gasteiger partial charge in [-0.05, 0) is 62.1 Å².